The highest BCUT2D eigenvalue weighted by atomic mass is 32.1. The van der Waals surface area contributed by atoms with E-state index < -0.39 is 23.1 Å². The number of halogens is 2. The topological polar surface area (TPSA) is 72.7 Å². The first-order chi connectivity index (χ1) is 13.9. The molecule has 0 aliphatic rings. The van der Waals surface area contributed by atoms with E-state index in [2.05, 4.69) is 20.8 Å². The molecule has 146 valence electrons. The van der Waals surface area contributed by atoms with Crippen molar-refractivity contribution in [1.29, 1.82) is 0 Å². The molecule has 1 amide bonds. The van der Waals surface area contributed by atoms with Gasteiger partial charge in [-0.05, 0) is 58.8 Å². The lowest BCUT2D eigenvalue weighted by Crippen LogP contribution is -2.15. The monoisotopic (exact) mass is 411 g/mol. The molecule has 4 rings (SSSR count). The Morgan fingerprint density at radius 2 is 1.79 bits per heavy atom. The molecule has 2 aromatic carbocycles. The van der Waals surface area contributed by atoms with Crippen LogP contribution in [-0.2, 0) is 7.05 Å². The second-order valence-corrected chi connectivity index (χ2v) is 7.59. The predicted octanol–water partition coefficient (Wildman–Crippen LogP) is 4.44. The number of anilines is 1. The summed E-state index contributed by atoms with van der Waals surface area (Å²) >= 11 is 1.58. The van der Waals surface area contributed by atoms with E-state index in [1.807, 2.05) is 25.1 Å². The fraction of sp³-hybridized carbons (Fsp3) is 0.100. The minimum Gasteiger partial charge on any atom is -0.322 e. The lowest BCUT2D eigenvalue weighted by atomic mass is 10.1. The number of rotatable bonds is 4. The summed E-state index contributed by atoms with van der Waals surface area (Å²) in [5, 5.41) is 14.1. The molecular formula is C20H15F2N5OS. The van der Waals surface area contributed by atoms with Crippen LogP contribution in [0, 0.1) is 18.6 Å². The third-order valence-electron chi connectivity index (χ3n) is 4.40. The third kappa shape index (κ3) is 3.64. The summed E-state index contributed by atoms with van der Waals surface area (Å²) < 4.78 is 29.1. The predicted molar refractivity (Wildman–Crippen MR) is 107 cm³/mol. The summed E-state index contributed by atoms with van der Waals surface area (Å²) in [7, 11) is 1.78. The van der Waals surface area contributed by atoms with Crippen LogP contribution in [0.1, 0.15) is 15.2 Å². The summed E-state index contributed by atoms with van der Waals surface area (Å²) in [6, 6.07) is 12.4. The number of thiophene rings is 1. The van der Waals surface area contributed by atoms with Gasteiger partial charge < -0.3 is 5.32 Å². The molecule has 0 atom stereocenters. The molecule has 2 heterocycles. The molecule has 0 spiro atoms. The summed E-state index contributed by atoms with van der Waals surface area (Å²) in [6.07, 6.45) is 0. The van der Waals surface area contributed by atoms with Gasteiger partial charge >= 0.3 is 0 Å². The number of nitrogens with zero attached hydrogens (tertiary/aromatic N) is 4. The van der Waals surface area contributed by atoms with Crippen LogP contribution in [0.5, 0.6) is 0 Å². The molecule has 4 aromatic rings. The fourth-order valence-electron chi connectivity index (χ4n) is 2.96. The molecule has 0 aliphatic heterocycles. The summed E-state index contributed by atoms with van der Waals surface area (Å²) in [6.45, 7) is 2.00. The molecule has 0 saturated carbocycles. The quantitative estimate of drug-likeness (QED) is 0.539. The number of hydrogen-bond donors (Lipinski definition) is 1. The van der Waals surface area contributed by atoms with Crippen LogP contribution in [0.4, 0.5) is 14.5 Å². The Labute approximate surface area is 168 Å². The normalized spacial score (nSPS) is 10.9. The number of hydrogen-bond acceptors (Lipinski definition) is 5. The van der Waals surface area contributed by atoms with Crippen LogP contribution in [-0.4, -0.2) is 26.1 Å². The number of tetrazole rings is 1. The fourth-order valence-corrected chi connectivity index (χ4v) is 4.02. The van der Waals surface area contributed by atoms with E-state index in [1.165, 1.54) is 6.07 Å². The van der Waals surface area contributed by atoms with E-state index in [0.717, 1.165) is 33.0 Å². The standard InChI is InChI=1S/C20H15F2N5OS/c1-11-14(10-17(29-11)19-24-25-26-27(19)2)12-6-8-13(9-7-12)23-20(28)18-15(21)4-3-5-16(18)22/h3-10H,1-2H3,(H,23,28). The zero-order valence-electron chi connectivity index (χ0n) is 15.5. The highest BCUT2D eigenvalue weighted by molar-refractivity contribution is 7.15. The SMILES string of the molecule is Cc1sc(-c2nnnn2C)cc1-c1ccc(NC(=O)c2c(F)cccc2F)cc1. The highest BCUT2D eigenvalue weighted by Gasteiger charge is 2.17. The summed E-state index contributed by atoms with van der Waals surface area (Å²) in [5.74, 6) is -1.96. The van der Waals surface area contributed by atoms with Crippen molar-refractivity contribution in [3.63, 3.8) is 0 Å². The Bertz CT molecular complexity index is 1180. The Morgan fingerprint density at radius 3 is 2.41 bits per heavy atom. The molecule has 0 saturated heterocycles. The van der Waals surface area contributed by atoms with Crippen molar-refractivity contribution in [3.8, 4) is 21.8 Å². The van der Waals surface area contributed by atoms with Crippen LogP contribution in [0.15, 0.2) is 48.5 Å². The van der Waals surface area contributed by atoms with E-state index in [4.69, 9.17) is 0 Å². The van der Waals surface area contributed by atoms with Gasteiger partial charge in [-0.25, -0.2) is 13.5 Å². The maximum atomic E-state index is 13.8. The van der Waals surface area contributed by atoms with Crippen LogP contribution in [0.25, 0.3) is 21.8 Å². The van der Waals surface area contributed by atoms with Gasteiger partial charge in [0.15, 0.2) is 5.82 Å². The minimum absolute atomic E-state index is 0.437. The summed E-state index contributed by atoms with van der Waals surface area (Å²) in [4.78, 5) is 14.3. The van der Waals surface area contributed by atoms with Crippen LogP contribution >= 0.6 is 11.3 Å². The molecular weight excluding hydrogens is 396 g/mol. The first-order valence-electron chi connectivity index (χ1n) is 8.63. The van der Waals surface area contributed by atoms with E-state index in [-0.39, 0.29) is 0 Å². The van der Waals surface area contributed by atoms with Gasteiger partial charge in [-0.15, -0.1) is 16.4 Å². The Hall–Kier alpha value is -3.46. The lowest BCUT2D eigenvalue weighted by Gasteiger charge is -2.08. The molecule has 6 nitrogen and oxygen atoms in total. The number of benzene rings is 2. The number of carbonyl (C=O) groups excluding carboxylic acids is 1. The first-order valence-corrected chi connectivity index (χ1v) is 9.44. The van der Waals surface area contributed by atoms with Gasteiger partial charge in [0, 0.05) is 17.6 Å². The van der Waals surface area contributed by atoms with Crippen molar-refractivity contribution < 1.29 is 13.6 Å². The average Bonchev–Trinajstić information content (AvgIpc) is 3.27. The van der Waals surface area contributed by atoms with Crippen molar-refractivity contribution in [2.45, 2.75) is 6.92 Å². The zero-order chi connectivity index (χ0) is 20.5. The van der Waals surface area contributed by atoms with E-state index in [1.54, 1.807) is 35.2 Å². The molecule has 2 aromatic heterocycles. The number of amides is 1. The number of carbonyl (C=O) groups is 1. The van der Waals surface area contributed by atoms with E-state index in [0.29, 0.717) is 11.5 Å². The maximum Gasteiger partial charge on any atom is 0.261 e. The number of aromatic nitrogens is 4. The van der Waals surface area contributed by atoms with Gasteiger partial charge in [0.1, 0.15) is 17.2 Å². The van der Waals surface area contributed by atoms with Gasteiger partial charge in [0.05, 0.1) is 4.88 Å². The highest BCUT2D eigenvalue weighted by Crippen LogP contribution is 2.36. The van der Waals surface area contributed by atoms with Gasteiger partial charge in [-0.3, -0.25) is 4.79 Å². The maximum absolute atomic E-state index is 13.8. The zero-order valence-corrected chi connectivity index (χ0v) is 16.3. The van der Waals surface area contributed by atoms with E-state index in [9.17, 15) is 13.6 Å². The van der Waals surface area contributed by atoms with Crippen molar-refractivity contribution in [2.75, 3.05) is 5.32 Å². The lowest BCUT2D eigenvalue weighted by molar-refractivity contribution is 0.101. The molecule has 1 N–H and O–H groups in total. The average molecular weight is 411 g/mol. The molecule has 9 heteroatoms. The second-order valence-electron chi connectivity index (χ2n) is 6.33. The number of nitrogens with one attached hydrogen (secondary N) is 1. The molecule has 0 fully saturated rings. The third-order valence-corrected chi connectivity index (χ3v) is 5.45. The van der Waals surface area contributed by atoms with Crippen molar-refractivity contribution >= 4 is 22.9 Å². The van der Waals surface area contributed by atoms with Crippen LogP contribution in [0.2, 0.25) is 0 Å². The van der Waals surface area contributed by atoms with Crippen LogP contribution in [0.3, 0.4) is 0 Å². The molecule has 29 heavy (non-hydrogen) atoms. The Balaban J connectivity index is 1.57. The molecule has 0 radical (unpaired) electrons. The summed E-state index contributed by atoms with van der Waals surface area (Å²) in [5.41, 5.74) is 1.79. The van der Waals surface area contributed by atoms with Gasteiger partial charge in [-0.2, -0.15) is 0 Å². The Morgan fingerprint density at radius 1 is 1.10 bits per heavy atom. The van der Waals surface area contributed by atoms with Crippen LogP contribution < -0.4 is 5.32 Å². The smallest absolute Gasteiger partial charge is 0.261 e. The van der Waals surface area contributed by atoms with Crippen molar-refractivity contribution in [3.05, 3.63) is 70.6 Å². The molecule has 0 unspecified atom stereocenters. The van der Waals surface area contributed by atoms with E-state index >= 15 is 0 Å². The number of aryl methyl sites for hydroxylation is 2. The minimum atomic E-state index is -0.904. The van der Waals surface area contributed by atoms with Crippen molar-refractivity contribution in [1.82, 2.24) is 20.2 Å². The Kier molecular flexibility index (Phi) is 4.89. The van der Waals surface area contributed by atoms with Crippen molar-refractivity contribution in [2.24, 2.45) is 7.05 Å². The van der Waals surface area contributed by atoms with Gasteiger partial charge in [0.25, 0.3) is 5.91 Å². The van der Waals surface area contributed by atoms with Gasteiger partial charge in [0.2, 0.25) is 0 Å². The van der Waals surface area contributed by atoms with Gasteiger partial charge in [-0.1, -0.05) is 18.2 Å². The molecule has 0 bridgehead atoms. The molecule has 0 aliphatic carbocycles. The first kappa shape index (κ1) is 18.9. The second kappa shape index (κ2) is 7.51. The largest absolute Gasteiger partial charge is 0.322 e.